The van der Waals surface area contributed by atoms with Crippen molar-refractivity contribution >= 4 is 11.9 Å². The van der Waals surface area contributed by atoms with Gasteiger partial charge in [0.1, 0.15) is 6.04 Å². The van der Waals surface area contributed by atoms with Gasteiger partial charge in [-0.05, 0) is 50.5 Å². The summed E-state index contributed by atoms with van der Waals surface area (Å²) < 4.78 is 4.77. The summed E-state index contributed by atoms with van der Waals surface area (Å²) >= 11 is 0. The lowest BCUT2D eigenvalue weighted by Crippen LogP contribution is -2.45. The van der Waals surface area contributed by atoms with Gasteiger partial charge in [-0.15, -0.1) is 0 Å². The minimum atomic E-state index is -0.528. The topological polar surface area (TPSA) is 81.4 Å². The molecule has 1 rings (SSSR count). The first-order valence-electron chi connectivity index (χ1n) is 7.56. The molecular weight excluding hydrogens is 256 g/mol. The number of hydrogen-bond acceptors (Lipinski definition) is 4. The molecule has 0 aromatic carbocycles. The summed E-state index contributed by atoms with van der Waals surface area (Å²) in [5, 5.41) is 2.86. The molecule has 0 spiro atoms. The number of carbonyl (C=O) groups excluding carboxylic acids is 2. The van der Waals surface area contributed by atoms with Gasteiger partial charge in [0, 0.05) is 5.92 Å². The van der Waals surface area contributed by atoms with E-state index in [4.69, 9.17) is 10.5 Å². The fourth-order valence-corrected chi connectivity index (χ4v) is 2.78. The van der Waals surface area contributed by atoms with E-state index in [-0.39, 0.29) is 17.8 Å². The quantitative estimate of drug-likeness (QED) is 0.723. The summed E-state index contributed by atoms with van der Waals surface area (Å²) in [6, 6.07) is -0.528. The number of esters is 1. The van der Waals surface area contributed by atoms with Crippen LogP contribution < -0.4 is 11.1 Å². The molecule has 0 bridgehead atoms. The lowest BCUT2D eigenvalue weighted by atomic mass is 9.81. The van der Waals surface area contributed by atoms with Crippen molar-refractivity contribution in [1.29, 1.82) is 0 Å². The minimum absolute atomic E-state index is 0.0112. The summed E-state index contributed by atoms with van der Waals surface area (Å²) in [5.41, 5.74) is 5.66. The van der Waals surface area contributed by atoms with Crippen molar-refractivity contribution in [2.75, 3.05) is 13.7 Å². The Balaban J connectivity index is 2.51. The van der Waals surface area contributed by atoms with E-state index in [0.717, 1.165) is 25.7 Å². The van der Waals surface area contributed by atoms with Gasteiger partial charge in [-0.2, -0.15) is 0 Å². The van der Waals surface area contributed by atoms with Crippen LogP contribution in [0.5, 0.6) is 0 Å². The molecule has 1 aliphatic rings. The summed E-state index contributed by atoms with van der Waals surface area (Å²) in [5.74, 6) is 0.509. The van der Waals surface area contributed by atoms with Gasteiger partial charge in [0.05, 0.1) is 7.11 Å². The number of ether oxygens (including phenoxy) is 1. The van der Waals surface area contributed by atoms with Gasteiger partial charge in [-0.3, -0.25) is 4.79 Å². The fourth-order valence-electron chi connectivity index (χ4n) is 2.78. The van der Waals surface area contributed by atoms with Crippen molar-refractivity contribution in [1.82, 2.24) is 5.32 Å². The Bertz CT molecular complexity index is 323. The zero-order valence-electron chi connectivity index (χ0n) is 12.9. The lowest BCUT2D eigenvalue weighted by molar-refractivity contribution is -0.146. The maximum absolute atomic E-state index is 12.3. The predicted molar refractivity (Wildman–Crippen MR) is 77.9 cm³/mol. The van der Waals surface area contributed by atoms with Gasteiger partial charge in [0.25, 0.3) is 0 Å². The Morgan fingerprint density at radius 3 is 2.30 bits per heavy atom. The normalized spacial score (nSPS) is 24.2. The van der Waals surface area contributed by atoms with Crippen LogP contribution in [0.15, 0.2) is 0 Å². The summed E-state index contributed by atoms with van der Waals surface area (Å²) in [6.07, 6.45) is 4.34. The van der Waals surface area contributed by atoms with E-state index in [2.05, 4.69) is 5.32 Å². The molecule has 0 radical (unpaired) electrons. The van der Waals surface area contributed by atoms with E-state index in [9.17, 15) is 9.59 Å². The summed E-state index contributed by atoms with van der Waals surface area (Å²) in [7, 11) is 1.36. The Kier molecular flexibility index (Phi) is 6.99. The van der Waals surface area contributed by atoms with Crippen LogP contribution in [-0.4, -0.2) is 31.6 Å². The van der Waals surface area contributed by atoms with Gasteiger partial charge in [-0.1, -0.05) is 13.8 Å². The van der Waals surface area contributed by atoms with E-state index in [1.54, 1.807) is 0 Å². The van der Waals surface area contributed by atoms with E-state index < -0.39 is 6.04 Å². The second kappa shape index (κ2) is 8.25. The molecule has 0 aromatic rings. The van der Waals surface area contributed by atoms with Crippen molar-refractivity contribution in [3.05, 3.63) is 0 Å². The second-order valence-electron chi connectivity index (χ2n) is 6.17. The summed E-state index contributed by atoms with van der Waals surface area (Å²) in [6.45, 7) is 4.75. The first-order valence-corrected chi connectivity index (χ1v) is 7.56. The third-order valence-corrected chi connectivity index (χ3v) is 4.06. The maximum atomic E-state index is 12.3. The molecule has 3 N–H and O–H groups in total. The predicted octanol–water partition coefficient (Wildman–Crippen LogP) is 1.46. The molecule has 116 valence electrons. The highest BCUT2D eigenvalue weighted by Crippen LogP contribution is 2.28. The lowest BCUT2D eigenvalue weighted by Gasteiger charge is -2.28. The fraction of sp³-hybridized carbons (Fsp3) is 0.867. The number of rotatable bonds is 6. The molecule has 0 heterocycles. The van der Waals surface area contributed by atoms with E-state index in [1.807, 2.05) is 13.8 Å². The molecule has 0 unspecified atom stereocenters. The number of methoxy groups -OCH3 is 1. The van der Waals surface area contributed by atoms with Gasteiger partial charge in [0.2, 0.25) is 5.91 Å². The highest BCUT2D eigenvalue weighted by Gasteiger charge is 2.29. The van der Waals surface area contributed by atoms with Crippen LogP contribution >= 0.6 is 0 Å². The molecule has 1 fully saturated rings. The van der Waals surface area contributed by atoms with Crippen molar-refractivity contribution < 1.29 is 14.3 Å². The molecule has 1 atom stereocenters. The van der Waals surface area contributed by atoms with Crippen LogP contribution in [0.2, 0.25) is 0 Å². The Hall–Kier alpha value is -1.10. The third kappa shape index (κ3) is 5.12. The van der Waals surface area contributed by atoms with Gasteiger partial charge < -0.3 is 15.8 Å². The van der Waals surface area contributed by atoms with Crippen molar-refractivity contribution in [3.8, 4) is 0 Å². The molecule has 0 aliphatic heterocycles. The molecule has 5 nitrogen and oxygen atoms in total. The molecule has 1 saturated carbocycles. The van der Waals surface area contributed by atoms with E-state index in [1.165, 1.54) is 7.11 Å². The molecule has 1 amide bonds. The second-order valence-corrected chi connectivity index (χ2v) is 6.17. The first kappa shape index (κ1) is 17.0. The SMILES string of the molecule is COC(=O)[C@H](CC(C)C)NC(=O)C1CCC(CN)CC1. The van der Waals surface area contributed by atoms with Crippen molar-refractivity contribution in [2.24, 2.45) is 23.5 Å². The average Bonchev–Trinajstić information content (AvgIpc) is 2.45. The maximum Gasteiger partial charge on any atom is 0.328 e. The standard InChI is InChI=1S/C15H28N2O3/c1-10(2)8-13(15(19)20-3)17-14(18)12-6-4-11(9-16)5-7-12/h10-13H,4-9,16H2,1-3H3,(H,17,18)/t11?,12?,13-/m0/s1. The van der Waals surface area contributed by atoms with Gasteiger partial charge >= 0.3 is 5.97 Å². The number of carbonyl (C=O) groups is 2. The third-order valence-electron chi connectivity index (χ3n) is 4.06. The zero-order chi connectivity index (χ0) is 15.1. The Morgan fingerprint density at radius 2 is 1.85 bits per heavy atom. The van der Waals surface area contributed by atoms with Crippen LogP contribution in [0.4, 0.5) is 0 Å². The van der Waals surface area contributed by atoms with Crippen LogP contribution in [0, 0.1) is 17.8 Å². The monoisotopic (exact) mass is 284 g/mol. The number of nitrogens with one attached hydrogen (secondary N) is 1. The van der Waals surface area contributed by atoms with Crippen LogP contribution in [-0.2, 0) is 14.3 Å². The highest BCUT2D eigenvalue weighted by molar-refractivity contribution is 5.85. The average molecular weight is 284 g/mol. The minimum Gasteiger partial charge on any atom is -0.467 e. The van der Waals surface area contributed by atoms with Crippen molar-refractivity contribution in [3.63, 3.8) is 0 Å². The van der Waals surface area contributed by atoms with Crippen molar-refractivity contribution in [2.45, 2.75) is 52.0 Å². The molecule has 20 heavy (non-hydrogen) atoms. The summed E-state index contributed by atoms with van der Waals surface area (Å²) in [4.78, 5) is 24.0. The Morgan fingerprint density at radius 1 is 1.25 bits per heavy atom. The van der Waals surface area contributed by atoms with E-state index in [0.29, 0.717) is 24.8 Å². The molecule has 5 heteroatoms. The van der Waals surface area contributed by atoms with Gasteiger partial charge in [-0.25, -0.2) is 4.79 Å². The van der Waals surface area contributed by atoms with Crippen LogP contribution in [0.3, 0.4) is 0 Å². The highest BCUT2D eigenvalue weighted by atomic mass is 16.5. The van der Waals surface area contributed by atoms with Crippen LogP contribution in [0.1, 0.15) is 46.0 Å². The molecular formula is C15H28N2O3. The number of hydrogen-bond donors (Lipinski definition) is 2. The largest absolute Gasteiger partial charge is 0.467 e. The number of nitrogens with two attached hydrogens (primary N) is 1. The Labute approximate surface area is 121 Å². The number of amides is 1. The van der Waals surface area contributed by atoms with Crippen LogP contribution in [0.25, 0.3) is 0 Å². The first-order chi connectivity index (χ1) is 9.47. The molecule has 0 saturated heterocycles. The zero-order valence-corrected chi connectivity index (χ0v) is 12.9. The van der Waals surface area contributed by atoms with E-state index >= 15 is 0 Å². The molecule has 1 aliphatic carbocycles. The smallest absolute Gasteiger partial charge is 0.328 e. The van der Waals surface area contributed by atoms with Gasteiger partial charge in [0.15, 0.2) is 0 Å². The molecule has 0 aromatic heterocycles.